The van der Waals surface area contributed by atoms with Gasteiger partial charge in [-0.25, -0.2) is 4.79 Å². The molecule has 2 N–H and O–H groups in total. The zero-order chi connectivity index (χ0) is 14.1. The average molecular weight is 272 g/mol. The summed E-state index contributed by atoms with van der Waals surface area (Å²) in [4.78, 5) is 24.0. The van der Waals surface area contributed by atoms with Gasteiger partial charge >= 0.3 is 12.0 Å². The number of urea groups is 1. The summed E-state index contributed by atoms with van der Waals surface area (Å²) in [6.07, 6.45) is 3.47. The van der Waals surface area contributed by atoms with Gasteiger partial charge in [-0.2, -0.15) is 0 Å². The van der Waals surface area contributed by atoms with Gasteiger partial charge in [0.15, 0.2) is 0 Å². The summed E-state index contributed by atoms with van der Waals surface area (Å²) in [5, 5.41) is 11.4. The predicted molar refractivity (Wildman–Crippen MR) is 71.1 cm³/mol. The van der Waals surface area contributed by atoms with Crippen LogP contribution in [-0.4, -0.2) is 54.4 Å². The minimum absolute atomic E-state index is 0.0458. The second-order valence-electron chi connectivity index (χ2n) is 4.92. The van der Waals surface area contributed by atoms with Gasteiger partial charge in [-0.1, -0.05) is 6.42 Å². The van der Waals surface area contributed by atoms with Crippen molar-refractivity contribution < 1.29 is 19.4 Å². The van der Waals surface area contributed by atoms with Crippen molar-refractivity contribution in [3.63, 3.8) is 0 Å². The fourth-order valence-corrected chi connectivity index (χ4v) is 2.06. The Kier molecular flexibility index (Phi) is 7.25. The van der Waals surface area contributed by atoms with Gasteiger partial charge in [0, 0.05) is 32.7 Å². The molecule has 6 heteroatoms. The van der Waals surface area contributed by atoms with Crippen LogP contribution in [-0.2, 0) is 9.53 Å². The summed E-state index contributed by atoms with van der Waals surface area (Å²) in [6, 6.07) is -0.0458. The Balaban J connectivity index is 2.11. The normalized spacial score (nSPS) is 19.8. The van der Waals surface area contributed by atoms with Crippen LogP contribution in [0.15, 0.2) is 0 Å². The van der Waals surface area contributed by atoms with E-state index >= 15 is 0 Å². The molecule has 0 saturated carbocycles. The summed E-state index contributed by atoms with van der Waals surface area (Å²) in [5.41, 5.74) is 0. The zero-order valence-electron chi connectivity index (χ0n) is 11.6. The molecule has 1 aliphatic heterocycles. The highest BCUT2D eigenvalue weighted by Crippen LogP contribution is 2.05. The summed E-state index contributed by atoms with van der Waals surface area (Å²) in [6.45, 7) is 4.64. The maximum Gasteiger partial charge on any atom is 0.317 e. The molecule has 0 aliphatic carbocycles. The molecular weight excluding hydrogens is 248 g/mol. The van der Waals surface area contributed by atoms with E-state index in [4.69, 9.17) is 9.84 Å². The van der Waals surface area contributed by atoms with Crippen molar-refractivity contribution in [1.82, 2.24) is 10.2 Å². The summed E-state index contributed by atoms with van der Waals surface area (Å²) in [5.74, 6) is -0.761. The van der Waals surface area contributed by atoms with E-state index in [0.717, 1.165) is 25.8 Å². The molecule has 2 amide bonds. The van der Waals surface area contributed by atoms with E-state index < -0.39 is 5.97 Å². The number of nitrogens with one attached hydrogen (secondary N) is 1. The molecule has 110 valence electrons. The van der Waals surface area contributed by atoms with Crippen LogP contribution < -0.4 is 5.32 Å². The molecule has 19 heavy (non-hydrogen) atoms. The molecule has 0 aromatic heterocycles. The third-order valence-electron chi connectivity index (χ3n) is 3.08. The highest BCUT2D eigenvalue weighted by atomic mass is 16.5. The minimum atomic E-state index is -0.761. The lowest BCUT2D eigenvalue weighted by Gasteiger charge is -2.22. The Morgan fingerprint density at radius 1 is 1.37 bits per heavy atom. The molecule has 1 saturated heterocycles. The van der Waals surface area contributed by atoms with E-state index in [1.54, 1.807) is 4.90 Å². The highest BCUT2D eigenvalue weighted by molar-refractivity contribution is 5.74. The number of rotatable bonds is 6. The molecule has 1 atom stereocenters. The number of carbonyl (C=O) groups excluding carboxylic acids is 1. The summed E-state index contributed by atoms with van der Waals surface area (Å²) >= 11 is 0. The molecule has 0 spiro atoms. The zero-order valence-corrected chi connectivity index (χ0v) is 11.6. The van der Waals surface area contributed by atoms with Gasteiger partial charge < -0.3 is 20.1 Å². The van der Waals surface area contributed by atoms with Gasteiger partial charge in [-0.05, 0) is 26.2 Å². The average Bonchev–Trinajstić information content (AvgIpc) is 2.57. The highest BCUT2D eigenvalue weighted by Gasteiger charge is 2.19. The van der Waals surface area contributed by atoms with Crippen molar-refractivity contribution in [2.24, 2.45) is 0 Å². The maximum atomic E-state index is 11.9. The SMILES string of the molecule is CC1CN(C(=O)NCCCCCC(=O)O)CCCO1. The molecule has 1 rings (SSSR count). The van der Waals surface area contributed by atoms with Gasteiger partial charge in [0.25, 0.3) is 0 Å². The van der Waals surface area contributed by atoms with Crippen LogP contribution in [0.1, 0.15) is 39.0 Å². The Hall–Kier alpha value is -1.30. The second-order valence-corrected chi connectivity index (χ2v) is 4.92. The number of carboxylic acids is 1. The van der Waals surface area contributed by atoms with Crippen LogP contribution >= 0.6 is 0 Å². The Labute approximate surface area is 114 Å². The predicted octanol–water partition coefficient (Wildman–Crippen LogP) is 1.45. The van der Waals surface area contributed by atoms with Crippen LogP contribution in [0.5, 0.6) is 0 Å². The fraction of sp³-hybridized carbons (Fsp3) is 0.846. The van der Waals surface area contributed by atoms with Gasteiger partial charge in [-0.15, -0.1) is 0 Å². The monoisotopic (exact) mass is 272 g/mol. The smallest absolute Gasteiger partial charge is 0.317 e. The van der Waals surface area contributed by atoms with Crippen LogP contribution in [0.3, 0.4) is 0 Å². The molecule has 0 radical (unpaired) electrons. The Bertz CT molecular complexity index is 296. The third kappa shape index (κ3) is 7.00. The lowest BCUT2D eigenvalue weighted by Crippen LogP contribution is -2.43. The number of amides is 2. The number of hydrogen-bond acceptors (Lipinski definition) is 3. The van der Waals surface area contributed by atoms with Crippen molar-refractivity contribution in [2.75, 3.05) is 26.2 Å². The minimum Gasteiger partial charge on any atom is -0.481 e. The molecule has 1 unspecified atom stereocenters. The summed E-state index contributed by atoms with van der Waals surface area (Å²) < 4.78 is 5.49. The number of carbonyl (C=O) groups is 2. The maximum absolute atomic E-state index is 11.9. The van der Waals surface area contributed by atoms with Crippen LogP contribution in [0.4, 0.5) is 4.79 Å². The molecular formula is C13H24N2O4. The van der Waals surface area contributed by atoms with Crippen molar-refractivity contribution in [3.8, 4) is 0 Å². The van der Waals surface area contributed by atoms with E-state index in [1.807, 2.05) is 6.92 Å². The third-order valence-corrected chi connectivity index (χ3v) is 3.08. The van der Waals surface area contributed by atoms with E-state index in [1.165, 1.54) is 0 Å². The molecule has 1 heterocycles. The van der Waals surface area contributed by atoms with Crippen LogP contribution in [0.2, 0.25) is 0 Å². The quantitative estimate of drug-likeness (QED) is 0.717. The molecule has 0 aromatic carbocycles. The lowest BCUT2D eigenvalue weighted by molar-refractivity contribution is -0.137. The molecule has 6 nitrogen and oxygen atoms in total. The molecule has 1 fully saturated rings. The largest absolute Gasteiger partial charge is 0.481 e. The number of aliphatic carboxylic acids is 1. The van der Waals surface area contributed by atoms with Gasteiger partial charge in [0.2, 0.25) is 0 Å². The topological polar surface area (TPSA) is 78.9 Å². The summed E-state index contributed by atoms with van der Waals surface area (Å²) in [7, 11) is 0. The van der Waals surface area contributed by atoms with Crippen molar-refractivity contribution >= 4 is 12.0 Å². The Morgan fingerprint density at radius 2 is 2.16 bits per heavy atom. The van der Waals surface area contributed by atoms with Gasteiger partial charge in [0.1, 0.15) is 0 Å². The van der Waals surface area contributed by atoms with E-state index in [-0.39, 0.29) is 18.6 Å². The van der Waals surface area contributed by atoms with E-state index in [0.29, 0.717) is 26.1 Å². The number of carboxylic acid groups (broad SMARTS) is 1. The van der Waals surface area contributed by atoms with E-state index in [9.17, 15) is 9.59 Å². The Morgan fingerprint density at radius 3 is 2.89 bits per heavy atom. The fourth-order valence-electron chi connectivity index (χ4n) is 2.06. The van der Waals surface area contributed by atoms with Crippen molar-refractivity contribution in [3.05, 3.63) is 0 Å². The van der Waals surface area contributed by atoms with Gasteiger partial charge in [0.05, 0.1) is 6.10 Å². The molecule has 0 bridgehead atoms. The van der Waals surface area contributed by atoms with E-state index in [2.05, 4.69) is 5.32 Å². The first-order chi connectivity index (χ1) is 9.09. The van der Waals surface area contributed by atoms with Crippen LogP contribution in [0, 0.1) is 0 Å². The number of unbranched alkanes of at least 4 members (excludes halogenated alkanes) is 2. The second kappa shape index (κ2) is 8.74. The number of nitrogens with zero attached hydrogens (tertiary/aromatic N) is 1. The number of hydrogen-bond donors (Lipinski definition) is 2. The van der Waals surface area contributed by atoms with Gasteiger partial charge in [-0.3, -0.25) is 4.79 Å². The number of ether oxygens (including phenoxy) is 1. The molecule has 1 aliphatic rings. The standard InChI is InChI=1S/C13H24N2O4/c1-11-10-15(8-5-9-19-11)13(18)14-7-4-2-3-6-12(16)17/h11H,2-10H2,1H3,(H,14,18)(H,16,17). The molecule has 0 aromatic rings. The van der Waals surface area contributed by atoms with Crippen molar-refractivity contribution in [2.45, 2.75) is 45.1 Å². The first-order valence-electron chi connectivity index (χ1n) is 6.96. The van der Waals surface area contributed by atoms with Crippen molar-refractivity contribution in [1.29, 1.82) is 0 Å². The van der Waals surface area contributed by atoms with Crippen LogP contribution in [0.25, 0.3) is 0 Å². The lowest BCUT2D eigenvalue weighted by atomic mass is 10.2. The first-order valence-corrected chi connectivity index (χ1v) is 6.96. The first kappa shape index (κ1) is 15.8.